The Hall–Kier alpha value is -1.64. The van der Waals surface area contributed by atoms with Crippen LogP contribution in [0, 0.1) is 17.8 Å². The first-order valence-corrected chi connectivity index (χ1v) is 4.17. The number of aromatic nitrogens is 1. The Morgan fingerprint density at radius 1 is 1.21 bits per heavy atom. The van der Waals surface area contributed by atoms with Gasteiger partial charge in [-0.05, 0) is 24.3 Å². The van der Waals surface area contributed by atoms with Crippen LogP contribution in [0.25, 0.3) is 11.3 Å². The molecular weight excluding hydrogens is 184 g/mol. The number of hydrogen-bond donors (Lipinski definition) is 0. The van der Waals surface area contributed by atoms with Crippen LogP contribution in [-0.4, -0.2) is 4.57 Å². The molecule has 2 aromatic rings. The summed E-state index contributed by atoms with van der Waals surface area (Å²) in [5.41, 5.74) is 1.07. The fourth-order valence-electron chi connectivity index (χ4n) is 1.38. The third-order valence-corrected chi connectivity index (χ3v) is 2.08. The first kappa shape index (κ1) is 8.94. The third-order valence-electron chi connectivity index (χ3n) is 2.08. The predicted molar refractivity (Wildman–Crippen MR) is 49.6 cm³/mol. The SMILES string of the molecule is Cn1[c]ccc1-c1ccc(F)cc1F. The highest BCUT2D eigenvalue weighted by molar-refractivity contribution is 5.60. The van der Waals surface area contributed by atoms with E-state index in [2.05, 4.69) is 6.20 Å². The molecule has 0 N–H and O–H groups in total. The minimum atomic E-state index is -0.565. The van der Waals surface area contributed by atoms with Crippen LogP contribution >= 0.6 is 0 Å². The molecule has 3 heteroatoms. The summed E-state index contributed by atoms with van der Waals surface area (Å²) in [6, 6.07) is 6.97. The highest BCUT2D eigenvalue weighted by atomic mass is 19.1. The summed E-state index contributed by atoms with van der Waals surface area (Å²) in [5.74, 6) is -1.12. The molecule has 1 aromatic carbocycles. The minimum Gasteiger partial charge on any atom is -0.342 e. The highest BCUT2D eigenvalue weighted by Gasteiger charge is 2.08. The number of rotatable bonds is 1. The smallest absolute Gasteiger partial charge is 0.135 e. The molecule has 0 aliphatic carbocycles. The van der Waals surface area contributed by atoms with Gasteiger partial charge >= 0.3 is 0 Å². The monoisotopic (exact) mass is 192 g/mol. The molecule has 0 unspecified atom stereocenters. The van der Waals surface area contributed by atoms with Gasteiger partial charge in [-0.2, -0.15) is 0 Å². The second kappa shape index (κ2) is 3.25. The molecule has 1 aromatic heterocycles. The van der Waals surface area contributed by atoms with Gasteiger partial charge in [0.15, 0.2) is 0 Å². The zero-order valence-electron chi connectivity index (χ0n) is 7.59. The molecule has 0 aliphatic rings. The molecule has 0 amide bonds. The van der Waals surface area contributed by atoms with E-state index in [1.807, 2.05) is 0 Å². The average molecular weight is 192 g/mol. The number of halogens is 2. The number of benzene rings is 1. The summed E-state index contributed by atoms with van der Waals surface area (Å²) in [5, 5.41) is 0. The van der Waals surface area contributed by atoms with Gasteiger partial charge < -0.3 is 4.57 Å². The number of nitrogens with zero attached hydrogens (tertiary/aromatic N) is 1. The van der Waals surface area contributed by atoms with Gasteiger partial charge in [0.2, 0.25) is 0 Å². The van der Waals surface area contributed by atoms with Crippen LogP contribution < -0.4 is 0 Å². The van der Waals surface area contributed by atoms with Crippen molar-refractivity contribution < 1.29 is 8.78 Å². The van der Waals surface area contributed by atoms with Gasteiger partial charge in [-0.25, -0.2) is 8.78 Å². The lowest BCUT2D eigenvalue weighted by Gasteiger charge is -2.04. The fraction of sp³-hybridized carbons (Fsp3) is 0.0909. The molecular formula is C11H8F2N. The maximum Gasteiger partial charge on any atom is 0.135 e. The first-order valence-electron chi connectivity index (χ1n) is 4.17. The number of aryl methyl sites for hydroxylation is 1. The van der Waals surface area contributed by atoms with Crippen LogP contribution in [-0.2, 0) is 7.05 Å². The molecule has 0 fully saturated rings. The van der Waals surface area contributed by atoms with Crippen molar-refractivity contribution in [2.24, 2.45) is 7.05 Å². The maximum atomic E-state index is 13.3. The van der Waals surface area contributed by atoms with Gasteiger partial charge in [-0.15, -0.1) is 0 Å². The Balaban J connectivity index is 2.58. The maximum absolute atomic E-state index is 13.3. The van der Waals surface area contributed by atoms with E-state index >= 15 is 0 Å². The molecule has 71 valence electrons. The van der Waals surface area contributed by atoms with Crippen LogP contribution in [0.2, 0.25) is 0 Å². The fourth-order valence-corrected chi connectivity index (χ4v) is 1.38. The molecule has 0 saturated heterocycles. The van der Waals surface area contributed by atoms with E-state index in [9.17, 15) is 8.78 Å². The molecule has 0 bridgehead atoms. The van der Waals surface area contributed by atoms with E-state index in [0.29, 0.717) is 11.3 Å². The van der Waals surface area contributed by atoms with Gasteiger partial charge in [-0.3, -0.25) is 0 Å². The molecule has 0 saturated carbocycles. The van der Waals surface area contributed by atoms with Crippen molar-refractivity contribution in [3.63, 3.8) is 0 Å². The second-order valence-corrected chi connectivity index (χ2v) is 3.03. The van der Waals surface area contributed by atoms with Crippen molar-refractivity contribution in [2.75, 3.05) is 0 Å². The molecule has 0 atom stereocenters. The zero-order valence-corrected chi connectivity index (χ0v) is 7.59. The molecule has 1 nitrogen and oxygen atoms in total. The normalized spacial score (nSPS) is 10.5. The van der Waals surface area contributed by atoms with E-state index in [1.165, 1.54) is 12.1 Å². The van der Waals surface area contributed by atoms with Gasteiger partial charge in [0.1, 0.15) is 11.6 Å². The van der Waals surface area contributed by atoms with Crippen molar-refractivity contribution in [1.82, 2.24) is 4.57 Å². The van der Waals surface area contributed by atoms with Gasteiger partial charge in [0, 0.05) is 18.7 Å². The van der Waals surface area contributed by atoms with Gasteiger partial charge in [0.05, 0.1) is 11.9 Å². The lowest BCUT2D eigenvalue weighted by Crippen LogP contribution is -1.93. The van der Waals surface area contributed by atoms with Crippen LogP contribution in [0.3, 0.4) is 0 Å². The van der Waals surface area contributed by atoms with Crippen molar-refractivity contribution in [2.45, 2.75) is 0 Å². The summed E-state index contributed by atoms with van der Waals surface area (Å²) in [6.07, 6.45) is 2.87. The highest BCUT2D eigenvalue weighted by Crippen LogP contribution is 2.22. The average Bonchev–Trinajstić information content (AvgIpc) is 2.52. The third kappa shape index (κ3) is 1.41. The molecule has 0 spiro atoms. The quantitative estimate of drug-likeness (QED) is 0.654. The molecule has 14 heavy (non-hydrogen) atoms. The van der Waals surface area contributed by atoms with E-state index in [0.717, 1.165) is 6.07 Å². The summed E-state index contributed by atoms with van der Waals surface area (Å²) in [6.45, 7) is 0. The van der Waals surface area contributed by atoms with E-state index < -0.39 is 11.6 Å². The van der Waals surface area contributed by atoms with Crippen LogP contribution in [0.4, 0.5) is 8.78 Å². The van der Waals surface area contributed by atoms with Crippen molar-refractivity contribution in [3.8, 4) is 11.3 Å². The summed E-state index contributed by atoms with van der Waals surface area (Å²) in [7, 11) is 1.76. The van der Waals surface area contributed by atoms with Gasteiger partial charge in [-0.1, -0.05) is 0 Å². The summed E-state index contributed by atoms with van der Waals surface area (Å²) in [4.78, 5) is 0. The first-order chi connectivity index (χ1) is 6.68. The lowest BCUT2D eigenvalue weighted by molar-refractivity contribution is 0.584. The van der Waals surface area contributed by atoms with Crippen molar-refractivity contribution in [1.29, 1.82) is 0 Å². The Morgan fingerprint density at radius 3 is 2.57 bits per heavy atom. The zero-order chi connectivity index (χ0) is 10.1. The topological polar surface area (TPSA) is 4.93 Å². The van der Waals surface area contributed by atoms with Crippen LogP contribution in [0.5, 0.6) is 0 Å². The standard InChI is InChI=1S/C11H8F2N/c1-14-6-2-3-11(14)9-5-4-8(12)7-10(9)13/h2-5,7H,1H3. The lowest BCUT2D eigenvalue weighted by atomic mass is 10.1. The van der Waals surface area contributed by atoms with E-state index in [4.69, 9.17) is 0 Å². The second-order valence-electron chi connectivity index (χ2n) is 3.03. The largest absolute Gasteiger partial charge is 0.342 e. The van der Waals surface area contributed by atoms with Crippen LogP contribution in [0.1, 0.15) is 0 Å². The molecule has 0 aliphatic heterocycles. The molecule has 1 heterocycles. The van der Waals surface area contributed by atoms with Gasteiger partial charge in [0.25, 0.3) is 0 Å². The van der Waals surface area contributed by atoms with Crippen LogP contribution in [0.15, 0.2) is 30.3 Å². The summed E-state index contributed by atoms with van der Waals surface area (Å²) < 4.78 is 27.6. The Morgan fingerprint density at radius 2 is 2.00 bits per heavy atom. The Bertz CT molecular complexity index is 460. The minimum absolute atomic E-state index is 0.384. The van der Waals surface area contributed by atoms with Crippen molar-refractivity contribution in [3.05, 3.63) is 48.2 Å². The Kier molecular flexibility index (Phi) is 2.08. The van der Waals surface area contributed by atoms with E-state index in [-0.39, 0.29) is 0 Å². The predicted octanol–water partition coefficient (Wildman–Crippen LogP) is 2.77. The van der Waals surface area contributed by atoms with Crippen molar-refractivity contribution >= 4 is 0 Å². The number of hydrogen-bond acceptors (Lipinski definition) is 0. The summed E-state index contributed by atoms with van der Waals surface area (Å²) >= 11 is 0. The Labute approximate surface area is 80.6 Å². The molecule has 2 rings (SSSR count). The van der Waals surface area contributed by atoms with E-state index in [1.54, 1.807) is 23.7 Å². The molecule has 1 radical (unpaired) electrons.